The third kappa shape index (κ3) is 4.32. The third-order valence-corrected chi connectivity index (χ3v) is 11.9. The van der Waals surface area contributed by atoms with Crippen LogP contribution in [0.4, 0.5) is 0 Å². The summed E-state index contributed by atoms with van der Waals surface area (Å²) < 4.78 is 11.6. The van der Waals surface area contributed by atoms with Gasteiger partial charge in [0.25, 0.3) is 0 Å². The van der Waals surface area contributed by atoms with E-state index in [0.29, 0.717) is 45.5 Å². The zero-order chi connectivity index (χ0) is 38.8. The summed E-state index contributed by atoms with van der Waals surface area (Å²) in [5.41, 5.74) is 10.3. The average molecular weight is 753 g/mol. The Bertz CT molecular complexity index is 3850. The lowest BCUT2D eigenvalue weighted by atomic mass is 10.00. The number of furan rings is 1. The molecule has 0 fully saturated rings. The summed E-state index contributed by atoms with van der Waals surface area (Å²) in [5.74, 6) is 1.54. The topological polar surface area (TPSA) is 84.9 Å². The van der Waals surface area contributed by atoms with E-state index in [9.17, 15) is 5.26 Å². The number of hydrogen-bond donors (Lipinski definition) is 0. The van der Waals surface area contributed by atoms with Crippen molar-refractivity contribution in [1.29, 1.82) is 5.26 Å². The second-order valence-corrected chi connectivity index (χ2v) is 15.0. The Morgan fingerprint density at radius 2 is 1.03 bits per heavy atom. The Kier molecular flexibility index (Phi) is 6.38. The maximum Gasteiger partial charge on any atom is 0.164 e. The molecule has 0 amide bonds. The summed E-state index contributed by atoms with van der Waals surface area (Å²) in [6, 6.07) is 60.6. The minimum Gasteiger partial charge on any atom is -0.454 e. The van der Waals surface area contributed by atoms with Gasteiger partial charge in [-0.05, 0) is 30.3 Å². The molecule has 7 nitrogen and oxygen atoms in total. The molecule has 0 aliphatic rings. The molecule has 8 aromatic carbocycles. The van der Waals surface area contributed by atoms with Crippen LogP contribution < -0.4 is 0 Å². The Labute approximate surface area is 335 Å². The summed E-state index contributed by atoms with van der Waals surface area (Å²) in [6.45, 7) is 0. The highest BCUT2D eigenvalue weighted by molar-refractivity contribution is 6.31. The van der Waals surface area contributed by atoms with E-state index in [4.69, 9.17) is 19.4 Å². The van der Waals surface area contributed by atoms with E-state index in [1.54, 1.807) is 0 Å². The molecule has 5 aromatic heterocycles. The lowest BCUT2D eigenvalue weighted by molar-refractivity contribution is 0.666. The van der Waals surface area contributed by atoms with Crippen molar-refractivity contribution in [3.05, 3.63) is 175 Å². The molecule has 0 radical (unpaired) electrons. The Balaban J connectivity index is 1.17. The van der Waals surface area contributed by atoms with Gasteiger partial charge >= 0.3 is 0 Å². The van der Waals surface area contributed by atoms with E-state index < -0.39 is 0 Å². The van der Waals surface area contributed by atoms with Gasteiger partial charge in [-0.3, -0.25) is 0 Å². The third-order valence-electron chi connectivity index (χ3n) is 11.9. The fraction of sp³-hybridized carbons (Fsp3) is 0. The second kappa shape index (κ2) is 11.8. The van der Waals surface area contributed by atoms with Crippen LogP contribution in [0, 0.1) is 11.3 Å². The molecule has 0 spiro atoms. The minimum atomic E-state index is 0.440. The summed E-state index contributed by atoms with van der Waals surface area (Å²) >= 11 is 0. The molecule has 0 N–H and O–H groups in total. The van der Waals surface area contributed by atoms with Crippen molar-refractivity contribution in [2.24, 2.45) is 0 Å². The molecule has 59 heavy (non-hydrogen) atoms. The maximum atomic E-state index is 11.2. The monoisotopic (exact) mass is 752 g/mol. The van der Waals surface area contributed by atoms with Crippen molar-refractivity contribution < 1.29 is 4.42 Å². The second-order valence-electron chi connectivity index (χ2n) is 15.0. The summed E-state index contributed by atoms with van der Waals surface area (Å²) in [7, 11) is 0. The number of hydrogen-bond acceptors (Lipinski definition) is 5. The first-order chi connectivity index (χ1) is 29.2. The van der Waals surface area contributed by atoms with E-state index in [-0.39, 0.29) is 0 Å². The fourth-order valence-corrected chi connectivity index (χ4v) is 9.50. The van der Waals surface area contributed by atoms with Gasteiger partial charge in [0, 0.05) is 59.8 Å². The average Bonchev–Trinajstić information content (AvgIpc) is 4.05. The van der Waals surface area contributed by atoms with E-state index in [1.165, 1.54) is 32.6 Å². The molecule has 0 aliphatic heterocycles. The van der Waals surface area contributed by atoms with Crippen LogP contribution in [0.15, 0.2) is 174 Å². The van der Waals surface area contributed by atoms with Gasteiger partial charge in [0.05, 0.1) is 33.1 Å². The number of para-hydroxylation sites is 4. The molecule has 0 aliphatic carbocycles. The molecular weight excluding hydrogens is 725 g/mol. The van der Waals surface area contributed by atoms with Crippen LogP contribution in [0.3, 0.4) is 0 Å². The van der Waals surface area contributed by atoms with Crippen LogP contribution in [0.2, 0.25) is 0 Å². The van der Waals surface area contributed by atoms with Crippen LogP contribution in [0.1, 0.15) is 5.56 Å². The smallest absolute Gasteiger partial charge is 0.164 e. The fourth-order valence-electron chi connectivity index (χ4n) is 9.50. The van der Waals surface area contributed by atoms with Gasteiger partial charge in [0.2, 0.25) is 0 Å². The number of fused-ring (bicyclic) bond motifs is 13. The van der Waals surface area contributed by atoms with Gasteiger partial charge in [-0.1, -0.05) is 140 Å². The highest BCUT2D eigenvalue weighted by Gasteiger charge is 2.28. The van der Waals surface area contributed by atoms with Crippen LogP contribution in [0.25, 0.3) is 122 Å². The highest BCUT2D eigenvalue weighted by Crippen LogP contribution is 2.47. The van der Waals surface area contributed by atoms with Crippen LogP contribution in [-0.4, -0.2) is 23.9 Å². The Hall–Kier alpha value is -8.34. The first-order valence-electron chi connectivity index (χ1n) is 19.6. The molecule has 0 atom stereocenters. The predicted molar refractivity (Wildman–Crippen MR) is 237 cm³/mol. The molecule has 5 heterocycles. The van der Waals surface area contributed by atoms with Crippen LogP contribution in [0.5, 0.6) is 0 Å². The largest absolute Gasteiger partial charge is 0.454 e. The maximum absolute atomic E-state index is 11.2. The van der Waals surface area contributed by atoms with Crippen LogP contribution >= 0.6 is 0 Å². The molecule has 0 unspecified atom stereocenters. The lowest BCUT2D eigenvalue weighted by Gasteiger charge is -2.14. The summed E-state index contributed by atoms with van der Waals surface area (Å²) in [5, 5.41) is 20.1. The SMILES string of the molecule is N#Cc1cc(-c2nc(-c3ccccc3)nc(-c3ccccc3)n2)c2c(oc3ccccc32)c1-n1c2ccccc2c2c1ccc1c3cccc4c5ccccc5n(c43)c12. The van der Waals surface area contributed by atoms with Crippen LogP contribution in [-0.2, 0) is 0 Å². The van der Waals surface area contributed by atoms with Crippen molar-refractivity contribution >= 4 is 81.8 Å². The Morgan fingerprint density at radius 1 is 0.458 bits per heavy atom. The molecule has 272 valence electrons. The number of aromatic nitrogens is 5. The van der Waals surface area contributed by atoms with Crippen molar-refractivity contribution in [3.63, 3.8) is 0 Å². The first-order valence-corrected chi connectivity index (χ1v) is 19.6. The standard InChI is InChI=1S/C52H28N6O/c53-29-32-28-39(52-55-50(30-14-3-1-4-15-30)54-51(56-52)31-16-5-2-6-17-31)44-38-20-9-12-25-43(38)59-49(44)46(32)57-41-24-11-8-19-37(41)45-42(57)27-26-36-35-22-13-21-34-33-18-7-10-23-40(33)58(47(34)35)48(36)45/h1-28H. The van der Waals surface area contributed by atoms with Crippen molar-refractivity contribution in [2.75, 3.05) is 0 Å². The van der Waals surface area contributed by atoms with Gasteiger partial charge in [0.15, 0.2) is 23.1 Å². The van der Waals surface area contributed by atoms with Gasteiger partial charge in [-0.15, -0.1) is 0 Å². The molecule has 0 saturated heterocycles. The quantitative estimate of drug-likeness (QED) is 0.179. The van der Waals surface area contributed by atoms with Gasteiger partial charge in [-0.2, -0.15) is 5.26 Å². The van der Waals surface area contributed by atoms with Crippen molar-refractivity contribution in [2.45, 2.75) is 0 Å². The number of nitriles is 1. The summed E-state index contributed by atoms with van der Waals surface area (Å²) in [6.07, 6.45) is 0. The molecule has 13 rings (SSSR count). The van der Waals surface area contributed by atoms with E-state index >= 15 is 0 Å². The molecule has 0 bridgehead atoms. The van der Waals surface area contributed by atoms with Gasteiger partial charge < -0.3 is 13.4 Å². The molecule has 13 aromatic rings. The normalized spacial score (nSPS) is 12.1. The molecular formula is C52H28N6O. The molecule has 7 heteroatoms. The van der Waals surface area contributed by atoms with Gasteiger partial charge in [-0.25, -0.2) is 15.0 Å². The van der Waals surface area contributed by atoms with Crippen molar-refractivity contribution in [1.82, 2.24) is 23.9 Å². The number of nitrogens with zero attached hydrogens (tertiary/aromatic N) is 6. The lowest BCUT2D eigenvalue weighted by Crippen LogP contribution is -2.03. The van der Waals surface area contributed by atoms with Crippen molar-refractivity contribution in [3.8, 4) is 45.9 Å². The predicted octanol–water partition coefficient (Wildman–Crippen LogP) is 12.9. The number of benzene rings is 8. The van der Waals surface area contributed by atoms with Gasteiger partial charge in [0.1, 0.15) is 17.3 Å². The Morgan fingerprint density at radius 3 is 1.76 bits per heavy atom. The number of rotatable bonds is 4. The first kappa shape index (κ1) is 31.8. The van der Waals surface area contributed by atoms with E-state index in [0.717, 1.165) is 49.2 Å². The minimum absolute atomic E-state index is 0.440. The van der Waals surface area contributed by atoms with E-state index in [2.05, 4.69) is 100.0 Å². The summed E-state index contributed by atoms with van der Waals surface area (Å²) in [4.78, 5) is 15.2. The van der Waals surface area contributed by atoms with E-state index in [1.807, 2.05) is 84.9 Å². The zero-order valence-corrected chi connectivity index (χ0v) is 31.3. The zero-order valence-electron chi connectivity index (χ0n) is 31.3. The highest BCUT2D eigenvalue weighted by atomic mass is 16.3. The molecule has 0 saturated carbocycles.